The summed E-state index contributed by atoms with van der Waals surface area (Å²) in [5.74, 6) is -2.99. The minimum absolute atomic E-state index is 0.124. The van der Waals surface area contributed by atoms with E-state index in [1.807, 2.05) is 0 Å². The highest BCUT2D eigenvalue weighted by Gasteiger charge is 2.65. The van der Waals surface area contributed by atoms with Gasteiger partial charge in [-0.1, -0.05) is 21.6 Å². The van der Waals surface area contributed by atoms with Crippen molar-refractivity contribution in [2.45, 2.75) is 36.6 Å². The van der Waals surface area contributed by atoms with Gasteiger partial charge in [-0.3, -0.25) is 18.1 Å². The molecule has 0 spiro atoms. The number of nitrogens with two attached hydrogens (primary N) is 1. The van der Waals surface area contributed by atoms with Gasteiger partial charge in [-0.15, -0.1) is 0 Å². The first-order chi connectivity index (χ1) is 18.2. The van der Waals surface area contributed by atoms with Crippen LogP contribution >= 0.6 is 29.4 Å². The maximum Gasteiger partial charge on any atom is 0.475 e. The number of methoxy groups -OCH3 is 1. The van der Waals surface area contributed by atoms with Gasteiger partial charge in [0.2, 0.25) is 6.23 Å². The summed E-state index contributed by atoms with van der Waals surface area (Å²) in [6, 6.07) is 1.19. The van der Waals surface area contributed by atoms with E-state index in [2.05, 4.69) is 4.98 Å². The van der Waals surface area contributed by atoms with Gasteiger partial charge in [-0.25, -0.2) is 9.36 Å². The first kappa shape index (κ1) is 30.1. The molecule has 0 radical (unpaired) electrons. The van der Waals surface area contributed by atoms with Crippen LogP contribution in [0.2, 0.25) is 0 Å². The van der Waals surface area contributed by atoms with Crippen LogP contribution in [0.25, 0.3) is 0 Å². The molecular formula is C20H30F2N3O10PS2. The molecule has 3 aliphatic rings. The molecular weight excluding hydrogens is 575 g/mol. The van der Waals surface area contributed by atoms with E-state index in [1.165, 1.54) is 16.9 Å². The fraction of sp³-hybridized carbons (Fsp3) is 0.800. The number of aromatic nitrogens is 2. The van der Waals surface area contributed by atoms with Crippen LogP contribution in [0.3, 0.4) is 0 Å². The minimum Gasteiger partial charge on any atom is -0.383 e. The summed E-state index contributed by atoms with van der Waals surface area (Å²) < 4.78 is 87.5. The van der Waals surface area contributed by atoms with Gasteiger partial charge >= 0.3 is 19.4 Å². The molecule has 2 unspecified atom stereocenters. The second kappa shape index (κ2) is 13.7. The third-order valence-electron chi connectivity index (χ3n) is 5.68. The lowest BCUT2D eigenvalue weighted by molar-refractivity contribution is -0.140. The van der Waals surface area contributed by atoms with Crippen LogP contribution in [-0.2, 0) is 41.8 Å². The third-order valence-corrected chi connectivity index (χ3v) is 9.58. The minimum atomic E-state index is -4.41. The highest BCUT2D eigenvalue weighted by atomic mass is 33.1. The normalized spacial score (nSPS) is 32.8. The molecule has 2 N–H and O–H groups in total. The van der Waals surface area contributed by atoms with Crippen LogP contribution in [0.1, 0.15) is 6.23 Å². The summed E-state index contributed by atoms with van der Waals surface area (Å²) in [5, 5.41) is 0. The number of ether oxygens (including phenoxy) is 5. The molecule has 216 valence electrons. The van der Waals surface area contributed by atoms with Crippen molar-refractivity contribution < 1.29 is 50.6 Å². The first-order valence-corrected chi connectivity index (χ1v) is 15.7. The summed E-state index contributed by atoms with van der Waals surface area (Å²) in [6.45, 7) is 1.85. The van der Waals surface area contributed by atoms with Gasteiger partial charge in [-0.2, -0.15) is 13.8 Å². The molecule has 1 aromatic rings. The molecule has 6 atom stereocenters. The average Bonchev–Trinajstić information content (AvgIpc) is 3.13. The Morgan fingerprint density at radius 1 is 1.16 bits per heavy atom. The number of rotatable bonds is 13. The van der Waals surface area contributed by atoms with E-state index < -0.39 is 56.7 Å². The van der Waals surface area contributed by atoms with Gasteiger partial charge in [0.25, 0.3) is 0 Å². The summed E-state index contributed by atoms with van der Waals surface area (Å²) >= 11 is 0. The van der Waals surface area contributed by atoms with Crippen molar-refractivity contribution in [2.24, 2.45) is 0 Å². The standard InChI is InChI=1S/C20H30F2N3O10PS2/c1-28-4-5-29-6-7-30-8-9-31-14-11-37-38-12-15(14)34-36(27)32-10-13-17(35-36)20(21,22)18(33-13)25-3-2-16(23)24-19(25)26/h2-3,13-15,17-18H,4-12H2,1H3,(H2,23,24,26)/t13-,14?,15+,17-,18-,36?/m1/s1. The third kappa shape index (κ3) is 7.46. The van der Waals surface area contributed by atoms with E-state index in [4.69, 9.17) is 43.0 Å². The van der Waals surface area contributed by atoms with Crippen LogP contribution in [0, 0.1) is 0 Å². The lowest BCUT2D eigenvalue weighted by Gasteiger charge is -2.36. The number of fused-ring (bicyclic) bond motifs is 1. The largest absolute Gasteiger partial charge is 0.475 e. The molecule has 0 bridgehead atoms. The molecule has 0 aliphatic carbocycles. The van der Waals surface area contributed by atoms with Crippen LogP contribution in [0.15, 0.2) is 17.1 Å². The van der Waals surface area contributed by atoms with Gasteiger partial charge in [0.15, 0.2) is 6.10 Å². The van der Waals surface area contributed by atoms with Crippen molar-refractivity contribution in [1.29, 1.82) is 0 Å². The molecule has 18 heteroatoms. The highest BCUT2D eigenvalue weighted by molar-refractivity contribution is 8.76. The number of phosphoric ester groups is 1. The van der Waals surface area contributed by atoms with Crippen LogP contribution in [0.5, 0.6) is 0 Å². The Kier molecular flexibility index (Phi) is 10.8. The number of nitrogens with zero attached hydrogens (tertiary/aromatic N) is 2. The molecule has 0 amide bonds. The van der Waals surface area contributed by atoms with Gasteiger partial charge < -0.3 is 29.4 Å². The van der Waals surface area contributed by atoms with Crippen LogP contribution in [-0.4, -0.2) is 105 Å². The van der Waals surface area contributed by atoms with E-state index >= 15 is 8.78 Å². The number of hydrogen-bond donors (Lipinski definition) is 1. The van der Waals surface area contributed by atoms with Crippen molar-refractivity contribution in [1.82, 2.24) is 9.55 Å². The van der Waals surface area contributed by atoms with E-state index in [0.717, 1.165) is 6.20 Å². The molecule has 3 saturated heterocycles. The Bertz CT molecular complexity index is 1030. The van der Waals surface area contributed by atoms with Crippen molar-refractivity contribution in [2.75, 3.05) is 70.6 Å². The summed E-state index contributed by atoms with van der Waals surface area (Å²) in [7, 11) is 0.185. The van der Waals surface area contributed by atoms with Crippen LogP contribution in [0.4, 0.5) is 14.6 Å². The number of alkyl halides is 2. The number of halogens is 2. The molecule has 0 saturated carbocycles. The molecule has 4 rings (SSSR count). The maximum atomic E-state index is 15.3. The Hall–Kier alpha value is -0.850. The molecule has 0 aromatic carbocycles. The quantitative estimate of drug-likeness (QED) is 0.197. The average molecular weight is 606 g/mol. The Labute approximate surface area is 225 Å². The lowest BCUT2D eigenvalue weighted by Crippen LogP contribution is -2.46. The van der Waals surface area contributed by atoms with Crippen LogP contribution < -0.4 is 11.4 Å². The van der Waals surface area contributed by atoms with Gasteiger partial charge in [0, 0.05) is 24.8 Å². The predicted molar refractivity (Wildman–Crippen MR) is 133 cm³/mol. The Balaban J connectivity index is 1.30. The number of anilines is 1. The lowest BCUT2D eigenvalue weighted by atomic mass is 10.1. The summed E-state index contributed by atoms with van der Waals surface area (Å²) in [6.07, 6.45) is -5.49. The molecule has 4 heterocycles. The van der Waals surface area contributed by atoms with Gasteiger partial charge in [-0.05, 0) is 6.07 Å². The zero-order valence-corrected chi connectivity index (χ0v) is 23.0. The maximum absolute atomic E-state index is 15.3. The first-order valence-electron chi connectivity index (χ1n) is 11.7. The highest BCUT2D eigenvalue weighted by Crippen LogP contribution is 2.61. The van der Waals surface area contributed by atoms with Gasteiger partial charge in [0.1, 0.15) is 18.0 Å². The summed E-state index contributed by atoms with van der Waals surface area (Å²) in [4.78, 5) is 15.6. The second-order valence-corrected chi connectivity index (χ2v) is 12.5. The predicted octanol–water partition coefficient (Wildman–Crippen LogP) is 1.73. The topological polar surface area (TPSA) is 152 Å². The monoisotopic (exact) mass is 605 g/mol. The molecule has 38 heavy (non-hydrogen) atoms. The molecule has 3 fully saturated rings. The van der Waals surface area contributed by atoms with Crippen molar-refractivity contribution in [3.05, 3.63) is 22.7 Å². The van der Waals surface area contributed by atoms with E-state index in [9.17, 15) is 9.36 Å². The fourth-order valence-electron chi connectivity index (χ4n) is 3.81. The van der Waals surface area contributed by atoms with E-state index in [-0.39, 0.29) is 12.4 Å². The van der Waals surface area contributed by atoms with Crippen molar-refractivity contribution >= 4 is 35.2 Å². The number of phosphoric acid groups is 1. The molecule has 3 aliphatic heterocycles. The fourth-order valence-corrected chi connectivity index (χ4v) is 7.95. The Morgan fingerprint density at radius 2 is 1.84 bits per heavy atom. The van der Waals surface area contributed by atoms with E-state index in [1.54, 1.807) is 17.9 Å². The number of nitrogen functional groups attached to an aromatic ring is 1. The summed E-state index contributed by atoms with van der Waals surface area (Å²) in [5.41, 5.74) is 4.42. The van der Waals surface area contributed by atoms with Gasteiger partial charge in [0.05, 0.1) is 52.4 Å². The molecule has 1 aromatic heterocycles. The van der Waals surface area contributed by atoms with Crippen molar-refractivity contribution in [3.8, 4) is 0 Å². The smallest absolute Gasteiger partial charge is 0.383 e. The van der Waals surface area contributed by atoms with Crippen molar-refractivity contribution in [3.63, 3.8) is 0 Å². The SMILES string of the molecule is COCCOCCOCCOC1CSSC[C@@H]1OP1(=O)OC[C@H]2O[C@@H](n3ccc(N)nc3=O)C(F)(F)[C@@H]2O1. The zero-order chi connectivity index (χ0) is 27.2. The molecule has 13 nitrogen and oxygen atoms in total. The Morgan fingerprint density at radius 3 is 2.55 bits per heavy atom. The second-order valence-electron chi connectivity index (χ2n) is 8.35. The zero-order valence-electron chi connectivity index (χ0n) is 20.5. The van der Waals surface area contributed by atoms with E-state index in [0.29, 0.717) is 49.1 Å². The number of hydrogen-bond acceptors (Lipinski definition) is 14.